The van der Waals surface area contributed by atoms with Crippen molar-refractivity contribution in [2.75, 3.05) is 26.6 Å². The molecule has 0 unspecified atom stereocenters. The summed E-state index contributed by atoms with van der Waals surface area (Å²) in [5.41, 5.74) is 0.296. The molecule has 4 aromatic rings. The van der Waals surface area contributed by atoms with Crippen LogP contribution in [0.3, 0.4) is 0 Å². The smallest absolute Gasteiger partial charge is 0.281 e. The van der Waals surface area contributed by atoms with Gasteiger partial charge in [-0.2, -0.15) is 9.67 Å². The number of benzene rings is 1. The van der Waals surface area contributed by atoms with Gasteiger partial charge in [0, 0.05) is 10.4 Å². The van der Waals surface area contributed by atoms with Crippen LogP contribution >= 0.6 is 11.3 Å². The topological polar surface area (TPSA) is 101 Å². The van der Waals surface area contributed by atoms with E-state index in [1.54, 1.807) is 35.6 Å². The maximum Gasteiger partial charge on any atom is 0.281 e. The number of anilines is 1. The van der Waals surface area contributed by atoms with Gasteiger partial charge in [-0.15, -0.1) is 16.4 Å². The lowest BCUT2D eigenvalue weighted by Crippen LogP contribution is -2.18. The van der Waals surface area contributed by atoms with Crippen LogP contribution in [-0.2, 0) is 6.54 Å². The van der Waals surface area contributed by atoms with Gasteiger partial charge in [0.1, 0.15) is 0 Å². The van der Waals surface area contributed by atoms with Crippen molar-refractivity contribution in [1.82, 2.24) is 14.8 Å². The summed E-state index contributed by atoms with van der Waals surface area (Å²) in [6.07, 6.45) is 1.52. The van der Waals surface area contributed by atoms with Crippen molar-refractivity contribution < 1.29 is 23.4 Å². The number of thiophene rings is 1. The molecule has 0 spiro atoms. The third kappa shape index (κ3) is 4.10. The second kappa shape index (κ2) is 8.92. The molecule has 1 aromatic carbocycles. The summed E-state index contributed by atoms with van der Waals surface area (Å²) in [6.45, 7) is 0.497. The molecule has 0 aliphatic rings. The lowest BCUT2D eigenvalue weighted by atomic mass is 10.1. The Bertz CT molecular complexity index is 1140. The summed E-state index contributed by atoms with van der Waals surface area (Å²) in [6, 6.07) is 10.6. The molecule has 1 N–H and O–H groups in total. The number of carbonyl (C=O) groups is 1. The predicted molar refractivity (Wildman–Crippen MR) is 115 cm³/mol. The fraction of sp³-hybridized carbons (Fsp3) is 0.190. The molecule has 3 heterocycles. The molecule has 160 valence electrons. The molecule has 0 fully saturated rings. The number of methoxy groups -OCH3 is 3. The van der Waals surface area contributed by atoms with Gasteiger partial charge in [0.05, 0.1) is 34.1 Å². The molecule has 3 aromatic heterocycles. The number of nitrogens with zero attached hydrogens (tertiary/aromatic N) is 3. The van der Waals surface area contributed by atoms with Crippen LogP contribution in [0.4, 0.5) is 5.95 Å². The van der Waals surface area contributed by atoms with E-state index in [2.05, 4.69) is 15.4 Å². The zero-order valence-corrected chi connectivity index (χ0v) is 17.9. The Balaban J connectivity index is 1.74. The first-order valence-electron chi connectivity index (χ1n) is 9.26. The first-order valence-corrected chi connectivity index (χ1v) is 10.1. The molecule has 31 heavy (non-hydrogen) atoms. The zero-order chi connectivity index (χ0) is 21.8. The third-order valence-corrected chi connectivity index (χ3v) is 5.33. The van der Waals surface area contributed by atoms with E-state index in [1.807, 2.05) is 17.5 Å². The zero-order valence-electron chi connectivity index (χ0n) is 17.1. The third-order valence-electron chi connectivity index (χ3n) is 4.45. The molecule has 0 bridgehead atoms. The maximum atomic E-state index is 13.4. The lowest BCUT2D eigenvalue weighted by Gasteiger charge is -2.14. The minimum Gasteiger partial charge on any atom is -0.493 e. The van der Waals surface area contributed by atoms with Crippen LogP contribution in [0.5, 0.6) is 17.2 Å². The standard InChI is InChI=1S/C21H20N4O5S/c1-27-16-10-13(11-17(28-2)18(16)29-3)20(26)25-21(22-12-14-6-5-9-31-14)23-19(24-25)15-7-4-8-30-15/h4-11H,12H2,1-3H3,(H,22,23,24). The van der Waals surface area contributed by atoms with Gasteiger partial charge in [0.15, 0.2) is 17.3 Å². The molecule has 0 saturated carbocycles. The number of hydrogen-bond acceptors (Lipinski definition) is 9. The van der Waals surface area contributed by atoms with E-state index in [1.165, 1.54) is 32.3 Å². The molecule has 0 aliphatic heterocycles. The number of rotatable bonds is 8. The van der Waals surface area contributed by atoms with Crippen molar-refractivity contribution in [2.45, 2.75) is 6.54 Å². The van der Waals surface area contributed by atoms with Crippen LogP contribution in [0.1, 0.15) is 15.2 Å². The molecule has 9 nitrogen and oxygen atoms in total. The molecule has 0 aliphatic carbocycles. The van der Waals surface area contributed by atoms with Crippen molar-refractivity contribution in [1.29, 1.82) is 0 Å². The largest absolute Gasteiger partial charge is 0.493 e. The highest BCUT2D eigenvalue weighted by Gasteiger charge is 2.23. The van der Waals surface area contributed by atoms with Crippen LogP contribution in [-0.4, -0.2) is 42.0 Å². The van der Waals surface area contributed by atoms with E-state index in [-0.39, 0.29) is 0 Å². The molecule has 10 heteroatoms. The minimum absolute atomic E-state index is 0.290. The number of aromatic nitrogens is 3. The second-order valence-electron chi connectivity index (χ2n) is 6.30. The Labute approximate surface area is 182 Å². The van der Waals surface area contributed by atoms with Crippen LogP contribution < -0.4 is 19.5 Å². The van der Waals surface area contributed by atoms with Crippen LogP contribution in [0, 0.1) is 0 Å². The van der Waals surface area contributed by atoms with Crippen molar-refractivity contribution in [3.05, 3.63) is 58.5 Å². The Morgan fingerprint density at radius 3 is 2.48 bits per heavy atom. The van der Waals surface area contributed by atoms with Crippen molar-refractivity contribution in [3.8, 4) is 28.8 Å². The number of furan rings is 1. The summed E-state index contributed by atoms with van der Waals surface area (Å²) in [5.74, 6) is 1.74. The fourth-order valence-electron chi connectivity index (χ4n) is 2.98. The molecular weight excluding hydrogens is 420 g/mol. The first-order chi connectivity index (χ1) is 15.1. The van der Waals surface area contributed by atoms with E-state index in [4.69, 9.17) is 18.6 Å². The highest BCUT2D eigenvalue weighted by molar-refractivity contribution is 7.09. The normalized spacial score (nSPS) is 10.7. The van der Waals surface area contributed by atoms with Gasteiger partial charge < -0.3 is 23.9 Å². The van der Waals surface area contributed by atoms with Gasteiger partial charge in [0.25, 0.3) is 5.91 Å². The summed E-state index contributed by atoms with van der Waals surface area (Å²) in [4.78, 5) is 18.9. The van der Waals surface area contributed by atoms with E-state index in [9.17, 15) is 4.79 Å². The highest BCUT2D eigenvalue weighted by atomic mass is 32.1. The number of nitrogens with one attached hydrogen (secondary N) is 1. The lowest BCUT2D eigenvalue weighted by molar-refractivity contribution is 0.0946. The average molecular weight is 440 g/mol. The summed E-state index contributed by atoms with van der Waals surface area (Å²) in [7, 11) is 4.48. The van der Waals surface area contributed by atoms with Gasteiger partial charge in [-0.3, -0.25) is 4.79 Å². The number of hydrogen-bond donors (Lipinski definition) is 1. The molecule has 0 atom stereocenters. The van der Waals surface area contributed by atoms with Crippen molar-refractivity contribution >= 4 is 23.2 Å². The fourth-order valence-corrected chi connectivity index (χ4v) is 3.63. The molecule has 0 saturated heterocycles. The Morgan fingerprint density at radius 2 is 1.90 bits per heavy atom. The Morgan fingerprint density at radius 1 is 1.13 bits per heavy atom. The number of ether oxygens (including phenoxy) is 3. The predicted octanol–water partition coefficient (Wildman–Crippen LogP) is 3.93. The monoisotopic (exact) mass is 440 g/mol. The van der Waals surface area contributed by atoms with Gasteiger partial charge >= 0.3 is 0 Å². The first kappa shape index (κ1) is 20.5. The van der Waals surface area contributed by atoms with Crippen molar-refractivity contribution in [3.63, 3.8) is 0 Å². The van der Waals surface area contributed by atoms with Crippen LogP contribution in [0.25, 0.3) is 11.6 Å². The highest BCUT2D eigenvalue weighted by Crippen LogP contribution is 2.38. The molecule has 4 rings (SSSR count). The average Bonchev–Trinajstić information content (AvgIpc) is 3.57. The molecule has 0 amide bonds. The number of carbonyl (C=O) groups excluding carboxylic acids is 1. The summed E-state index contributed by atoms with van der Waals surface area (Å²) in [5, 5.41) is 9.53. The SMILES string of the molecule is COc1cc(C(=O)n2nc(-c3ccco3)nc2NCc2cccs2)cc(OC)c1OC. The summed E-state index contributed by atoms with van der Waals surface area (Å²) >= 11 is 1.60. The second-order valence-corrected chi connectivity index (χ2v) is 7.33. The maximum absolute atomic E-state index is 13.4. The van der Waals surface area contributed by atoms with Gasteiger partial charge in [0.2, 0.25) is 17.5 Å². The van der Waals surface area contributed by atoms with E-state index >= 15 is 0 Å². The van der Waals surface area contributed by atoms with Crippen molar-refractivity contribution in [2.24, 2.45) is 0 Å². The Hall–Kier alpha value is -3.79. The van der Waals surface area contributed by atoms with E-state index < -0.39 is 5.91 Å². The van der Waals surface area contributed by atoms with Gasteiger partial charge in [-0.1, -0.05) is 6.07 Å². The van der Waals surface area contributed by atoms with E-state index in [0.717, 1.165) is 4.88 Å². The van der Waals surface area contributed by atoms with Gasteiger partial charge in [-0.05, 0) is 35.7 Å². The van der Waals surface area contributed by atoms with Gasteiger partial charge in [-0.25, -0.2) is 0 Å². The Kier molecular flexibility index (Phi) is 5.89. The van der Waals surface area contributed by atoms with E-state index in [0.29, 0.717) is 46.9 Å². The van der Waals surface area contributed by atoms with Crippen LogP contribution in [0.2, 0.25) is 0 Å². The van der Waals surface area contributed by atoms with Crippen LogP contribution in [0.15, 0.2) is 52.5 Å². The minimum atomic E-state index is -0.418. The summed E-state index contributed by atoms with van der Waals surface area (Å²) < 4.78 is 22.7. The quantitative estimate of drug-likeness (QED) is 0.440. The molecule has 0 radical (unpaired) electrons. The molecular formula is C21H20N4O5S.